The number of benzene rings is 2. The molecule has 0 aliphatic rings. The van der Waals surface area contributed by atoms with Gasteiger partial charge in [0.2, 0.25) is 11.8 Å². The van der Waals surface area contributed by atoms with E-state index < -0.39 is 6.04 Å². The minimum absolute atomic E-state index is 0.0588. The summed E-state index contributed by atoms with van der Waals surface area (Å²) in [6.07, 6.45) is 0.552. The highest BCUT2D eigenvalue weighted by Gasteiger charge is 2.28. The molecule has 2 rings (SSSR count). The molecule has 0 bridgehead atoms. The van der Waals surface area contributed by atoms with Gasteiger partial charge in [-0.1, -0.05) is 36.8 Å². The third-order valence-corrected chi connectivity index (χ3v) is 5.60. The molecule has 2 aromatic rings. The molecular weight excluding hydrogens is 384 g/mol. The Kier molecular flexibility index (Phi) is 9.06. The van der Waals surface area contributed by atoms with Crippen LogP contribution in [0.15, 0.2) is 53.4 Å². The van der Waals surface area contributed by atoms with Crippen molar-refractivity contribution in [2.24, 2.45) is 0 Å². The van der Waals surface area contributed by atoms with Crippen LogP contribution in [0.5, 0.6) is 5.75 Å². The Morgan fingerprint density at radius 2 is 1.86 bits per heavy atom. The maximum atomic E-state index is 13.1. The average molecular weight is 415 g/mol. The number of nitrogens with one attached hydrogen (secondary N) is 1. The summed E-state index contributed by atoms with van der Waals surface area (Å²) in [6, 6.07) is 15.2. The maximum absolute atomic E-state index is 13.1. The molecule has 0 aliphatic heterocycles. The van der Waals surface area contributed by atoms with E-state index >= 15 is 0 Å². The third kappa shape index (κ3) is 6.82. The van der Waals surface area contributed by atoms with E-state index in [1.807, 2.05) is 69.3 Å². The van der Waals surface area contributed by atoms with E-state index in [1.54, 1.807) is 12.0 Å². The van der Waals surface area contributed by atoms with Gasteiger partial charge >= 0.3 is 0 Å². The summed E-state index contributed by atoms with van der Waals surface area (Å²) in [7, 11) is 1.61. The summed E-state index contributed by atoms with van der Waals surface area (Å²) in [5, 5.41) is 2.86. The van der Waals surface area contributed by atoms with Crippen molar-refractivity contribution in [3.05, 3.63) is 59.7 Å². The first kappa shape index (κ1) is 22.8. The minimum atomic E-state index is -0.507. The van der Waals surface area contributed by atoms with Gasteiger partial charge in [0, 0.05) is 18.0 Å². The van der Waals surface area contributed by atoms with E-state index in [4.69, 9.17) is 4.74 Å². The smallest absolute Gasteiger partial charge is 0.242 e. The number of methoxy groups -OCH3 is 1. The van der Waals surface area contributed by atoms with E-state index in [2.05, 4.69) is 5.32 Å². The maximum Gasteiger partial charge on any atom is 0.242 e. The van der Waals surface area contributed by atoms with E-state index in [-0.39, 0.29) is 17.6 Å². The summed E-state index contributed by atoms with van der Waals surface area (Å²) in [6.45, 7) is 6.74. The predicted octanol–water partition coefficient (Wildman–Crippen LogP) is 4.04. The number of hydrogen-bond donors (Lipinski definition) is 1. The molecule has 0 saturated heterocycles. The first-order valence-corrected chi connectivity index (χ1v) is 10.9. The highest BCUT2D eigenvalue weighted by Crippen LogP contribution is 2.22. The van der Waals surface area contributed by atoms with Gasteiger partial charge in [-0.25, -0.2) is 0 Å². The summed E-state index contributed by atoms with van der Waals surface area (Å²) in [5.41, 5.74) is 2.11. The Morgan fingerprint density at radius 1 is 1.14 bits per heavy atom. The van der Waals surface area contributed by atoms with Gasteiger partial charge < -0.3 is 15.0 Å². The largest absolute Gasteiger partial charge is 0.497 e. The van der Waals surface area contributed by atoms with Crippen molar-refractivity contribution in [3.8, 4) is 5.75 Å². The lowest BCUT2D eigenvalue weighted by molar-refractivity contribution is -0.139. The number of aryl methyl sites for hydroxylation is 1. The van der Waals surface area contributed by atoms with Crippen molar-refractivity contribution in [1.82, 2.24) is 10.2 Å². The second-order valence-electron chi connectivity index (χ2n) is 6.79. The molecule has 0 radical (unpaired) electrons. The summed E-state index contributed by atoms with van der Waals surface area (Å²) < 4.78 is 5.30. The number of rotatable bonds is 10. The molecule has 2 aromatic carbocycles. The second-order valence-corrected chi connectivity index (χ2v) is 7.84. The molecule has 0 spiro atoms. The SMILES string of the molecule is CCNC(=O)[C@@H](CC)N(Cc1cccc(OC)c1)C(=O)CSc1ccc(C)cc1. The highest BCUT2D eigenvalue weighted by atomic mass is 32.2. The van der Waals surface area contributed by atoms with Crippen LogP contribution in [0.1, 0.15) is 31.4 Å². The van der Waals surface area contributed by atoms with E-state index in [9.17, 15) is 9.59 Å². The Balaban J connectivity index is 2.20. The number of carbonyl (C=O) groups is 2. The van der Waals surface area contributed by atoms with Crippen LogP contribution in [0.2, 0.25) is 0 Å². The lowest BCUT2D eigenvalue weighted by Gasteiger charge is -2.30. The zero-order valence-electron chi connectivity index (χ0n) is 17.6. The number of likely N-dealkylation sites (N-methyl/N-ethyl adjacent to an activating group) is 1. The molecule has 0 heterocycles. The van der Waals surface area contributed by atoms with Gasteiger partial charge in [0.1, 0.15) is 11.8 Å². The number of ether oxygens (including phenoxy) is 1. The van der Waals surface area contributed by atoms with Gasteiger partial charge in [-0.15, -0.1) is 11.8 Å². The zero-order valence-corrected chi connectivity index (χ0v) is 18.4. The molecule has 6 heteroatoms. The number of nitrogens with zero attached hydrogens (tertiary/aromatic N) is 1. The standard InChI is InChI=1S/C23H30N2O3S/c1-5-21(23(27)24-6-2)25(15-18-8-7-9-19(14-18)28-4)22(26)16-29-20-12-10-17(3)11-13-20/h7-14,21H,5-6,15-16H2,1-4H3,(H,24,27)/t21-/m1/s1. The molecule has 29 heavy (non-hydrogen) atoms. The van der Waals surface area contributed by atoms with Gasteiger partial charge in [-0.3, -0.25) is 9.59 Å². The van der Waals surface area contributed by atoms with E-state index in [0.29, 0.717) is 19.5 Å². The van der Waals surface area contributed by atoms with E-state index in [1.165, 1.54) is 17.3 Å². The van der Waals surface area contributed by atoms with Gasteiger partial charge in [-0.05, 0) is 50.1 Å². The molecule has 2 amide bonds. The van der Waals surface area contributed by atoms with Crippen molar-refractivity contribution in [1.29, 1.82) is 0 Å². The Morgan fingerprint density at radius 3 is 2.48 bits per heavy atom. The molecule has 0 saturated carbocycles. The van der Waals surface area contributed by atoms with Gasteiger partial charge in [0.25, 0.3) is 0 Å². The van der Waals surface area contributed by atoms with Crippen LogP contribution in [0.25, 0.3) is 0 Å². The summed E-state index contributed by atoms with van der Waals surface area (Å²) >= 11 is 1.49. The summed E-state index contributed by atoms with van der Waals surface area (Å²) in [5.74, 6) is 0.834. The van der Waals surface area contributed by atoms with Crippen molar-refractivity contribution in [3.63, 3.8) is 0 Å². The van der Waals surface area contributed by atoms with E-state index in [0.717, 1.165) is 16.2 Å². The Hall–Kier alpha value is -2.47. The average Bonchev–Trinajstić information content (AvgIpc) is 2.73. The molecule has 1 atom stereocenters. The zero-order chi connectivity index (χ0) is 21.2. The quantitative estimate of drug-likeness (QED) is 0.596. The Bertz CT molecular complexity index is 808. The predicted molar refractivity (Wildman–Crippen MR) is 118 cm³/mol. The molecule has 0 aliphatic carbocycles. The summed E-state index contributed by atoms with van der Waals surface area (Å²) in [4.78, 5) is 28.5. The number of hydrogen-bond acceptors (Lipinski definition) is 4. The number of amides is 2. The van der Waals surface area contributed by atoms with Gasteiger partial charge in [0.05, 0.1) is 12.9 Å². The molecule has 0 aromatic heterocycles. The van der Waals surface area contributed by atoms with Crippen molar-refractivity contribution in [2.75, 3.05) is 19.4 Å². The Labute approximate surface area is 177 Å². The molecule has 0 fully saturated rings. The van der Waals surface area contributed by atoms with Crippen LogP contribution in [0, 0.1) is 6.92 Å². The molecule has 156 valence electrons. The van der Waals surface area contributed by atoms with Crippen LogP contribution < -0.4 is 10.1 Å². The fourth-order valence-corrected chi connectivity index (χ4v) is 3.83. The van der Waals surface area contributed by atoms with Crippen LogP contribution in [0.4, 0.5) is 0 Å². The van der Waals surface area contributed by atoms with Crippen LogP contribution in [-0.2, 0) is 16.1 Å². The van der Waals surface area contributed by atoms with Crippen molar-refractivity contribution in [2.45, 2.75) is 44.7 Å². The van der Waals surface area contributed by atoms with Crippen molar-refractivity contribution < 1.29 is 14.3 Å². The lowest BCUT2D eigenvalue weighted by Crippen LogP contribution is -2.49. The topological polar surface area (TPSA) is 58.6 Å². The minimum Gasteiger partial charge on any atom is -0.497 e. The monoisotopic (exact) mass is 414 g/mol. The lowest BCUT2D eigenvalue weighted by atomic mass is 10.1. The molecule has 1 N–H and O–H groups in total. The number of thioether (sulfide) groups is 1. The fraction of sp³-hybridized carbons (Fsp3) is 0.391. The van der Waals surface area contributed by atoms with Gasteiger partial charge in [-0.2, -0.15) is 0 Å². The number of carbonyl (C=O) groups excluding carboxylic acids is 2. The molecular formula is C23H30N2O3S. The first-order chi connectivity index (χ1) is 14.0. The van der Waals surface area contributed by atoms with Crippen LogP contribution in [-0.4, -0.2) is 42.2 Å². The second kappa shape index (κ2) is 11.5. The van der Waals surface area contributed by atoms with Gasteiger partial charge in [0.15, 0.2) is 0 Å². The normalized spacial score (nSPS) is 11.6. The van der Waals surface area contributed by atoms with Crippen molar-refractivity contribution >= 4 is 23.6 Å². The molecule has 0 unspecified atom stereocenters. The van der Waals surface area contributed by atoms with Crippen LogP contribution >= 0.6 is 11.8 Å². The highest BCUT2D eigenvalue weighted by molar-refractivity contribution is 8.00. The fourth-order valence-electron chi connectivity index (χ4n) is 3.04. The van der Waals surface area contributed by atoms with Crippen LogP contribution in [0.3, 0.4) is 0 Å². The molecule has 5 nitrogen and oxygen atoms in total. The third-order valence-electron chi connectivity index (χ3n) is 4.61. The first-order valence-electron chi connectivity index (χ1n) is 9.88.